The summed E-state index contributed by atoms with van der Waals surface area (Å²) in [5.74, 6) is 2.27. The number of nitrogens with one attached hydrogen (secondary N) is 2. The number of pyridine rings is 2. The zero-order valence-corrected chi connectivity index (χ0v) is 14.8. The monoisotopic (exact) mass is 361 g/mol. The number of aromatic nitrogens is 6. The summed E-state index contributed by atoms with van der Waals surface area (Å²) in [6.45, 7) is 1.12. The molecular weight excluding hydrogens is 342 g/mol. The Hall–Kier alpha value is -3.75. The summed E-state index contributed by atoms with van der Waals surface area (Å²) in [5.41, 5.74) is 1.89. The Morgan fingerprint density at radius 3 is 2.81 bits per heavy atom. The molecule has 0 bridgehead atoms. The van der Waals surface area contributed by atoms with Gasteiger partial charge < -0.3 is 10.6 Å². The number of hydrogen-bond donors (Lipinski definition) is 2. The summed E-state index contributed by atoms with van der Waals surface area (Å²) in [7, 11) is 1.74. The van der Waals surface area contributed by atoms with Crippen LogP contribution in [-0.2, 0) is 13.1 Å². The van der Waals surface area contributed by atoms with Crippen molar-refractivity contribution < 1.29 is 0 Å². The van der Waals surface area contributed by atoms with Crippen molar-refractivity contribution in [3.05, 3.63) is 72.6 Å². The molecule has 0 saturated heterocycles. The highest BCUT2D eigenvalue weighted by Crippen LogP contribution is 2.06. The molecule has 27 heavy (non-hydrogen) atoms. The first-order valence-corrected chi connectivity index (χ1v) is 8.51. The van der Waals surface area contributed by atoms with E-state index in [2.05, 4.69) is 35.9 Å². The molecule has 0 unspecified atom stereocenters. The van der Waals surface area contributed by atoms with Gasteiger partial charge in [0.25, 0.3) is 0 Å². The molecular formula is C18H19N9. The van der Waals surface area contributed by atoms with Gasteiger partial charge in [-0.15, -0.1) is 10.2 Å². The van der Waals surface area contributed by atoms with Crippen LogP contribution < -0.4 is 10.6 Å². The molecule has 4 aromatic rings. The Morgan fingerprint density at radius 1 is 1.04 bits per heavy atom. The second-order valence-electron chi connectivity index (χ2n) is 5.80. The van der Waals surface area contributed by atoms with E-state index in [9.17, 15) is 0 Å². The van der Waals surface area contributed by atoms with E-state index < -0.39 is 0 Å². The van der Waals surface area contributed by atoms with Gasteiger partial charge in [0.1, 0.15) is 0 Å². The molecule has 0 fully saturated rings. The molecule has 136 valence electrons. The summed E-state index contributed by atoms with van der Waals surface area (Å²) in [5, 5.41) is 19.1. The SMILES string of the molecule is CN=C(NCc1ccnc(-n2cccn2)c1)NCc1nnc2ccccn12. The first-order chi connectivity index (χ1) is 13.3. The van der Waals surface area contributed by atoms with Crippen LogP contribution in [-0.4, -0.2) is 42.4 Å². The van der Waals surface area contributed by atoms with E-state index >= 15 is 0 Å². The number of rotatable bonds is 5. The van der Waals surface area contributed by atoms with Gasteiger partial charge >= 0.3 is 0 Å². The van der Waals surface area contributed by atoms with Crippen molar-refractivity contribution in [2.24, 2.45) is 4.99 Å². The second-order valence-corrected chi connectivity index (χ2v) is 5.80. The standard InChI is InChI=1S/C18H19N9/c1-19-18(22-13-17-25-24-15-5-2-3-9-26(15)17)21-12-14-6-8-20-16(11-14)27-10-4-7-23-27/h2-11H,12-13H2,1H3,(H2,19,21,22). The lowest BCUT2D eigenvalue weighted by molar-refractivity contribution is 0.760. The Bertz CT molecular complexity index is 1050. The fourth-order valence-electron chi connectivity index (χ4n) is 2.68. The minimum absolute atomic E-state index is 0.514. The van der Waals surface area contributed by atoms with Crippen LogP contribution in [0.5, 0.6) is 0 Å². The van der Waals surface area contributed by atoms with Crippen molar-refractivity contribution in [1.82, 2.24) is 40.0 Å². The fraction of sp³-hybridized carbons (Fsp3) is 0.167. The maximum atomic E-state index is 4.34. The van der Waals surface area contributed by atoms with E-state index in [-0.39, 0.29) is 0 Å². The van der Waals surface area contributed by atoms with Gasteiger partial charge in [-0.2, -0.15) is 5.10 Å². The maximum Gasteiger partial charge on any atom is 0.191 e. The Kier molecular flexibility index (Phi) is 4.73. The quantitative estimate of drug-likeness (QED) is 0.409. The molecule has 0 saturated carbocycles. The van der Waals surface area contributed by atoms with Gasteiger partial charge in [0, 0.05) is 38.4 Å². The average molecular weight is 361 g/mol. The van der Waals surface area contributed by atoms with Gasteiger partial charge in [-0.05, 0) is 35.9 Å². The van der Waals surface area contributed by atoms with E-state index in [0.29, 0.717) is 19.0 Å². The van der Waals surface area contributed by atoms with E-state index in [1.54, 1.807) is 24.1 Å². The van der Waals surface area contributed by atoms with Gasteiger partial charge in [0.15, 0.2) is 23.2 Å². The van der Waals surface area contributed by atoms with Crippen LogP contribution in [0.1, 0.15) is 11.4 Å². The molecule has 0 aliphatic rings. The normalized spacial score (nSPS) is 11.7. The van der Waals surface area contributed by atoms with Crippen molar-refractivity contribution >= 4 is 11.6 Å². The van der Waals surface area contributed by atoms with Crippen molar-refractivity contribution in [3.8, 4) is 5.82 Å². The predicted octanol–water partition coefficient (Wildman–Crippen LogP) is 1.18. The highest BCUT2D eigenvalue weighted by molar-refractivity contribution is 5.79. The maximum absolute atomic E-state index is 4.34. The van der Waals surface area contributed by atoms with Crippen molar-refractivity contribution in [2.75, 3.05) is 7.05 Å². The topological polar surface area (TPSA) is 97.3 Å². The molecule has 0 aliphatic heterocycles. The lowest BCUT2D eigenvalue weighted by Crippen LogP contribution is -2.36. The van der Waals surface area contributed by atoms with Crippen molar-refractivity contribution in [3.63, 3.8) is 0 Å². The minimum Gasteiger partial charge on any atom is -0.352 e. The van der Waals surface area contributed by atoms with Crippen LogP contribution in [0.4, 0.5) is 0 Å². The molecule has 4 heterocycles. The largest absolute Gasteiger partial charge is 0.352 e. The Labute approximate surface area is 155 Å². The molecule has 0 radical (unpaired) electrons. The summed E-state index contributed by atoms with van der Waals surface area (Å²) in [6, 6.07) is 11.6. The molecule has 0 atom stereocenters. The van der Waals surface area contributed by atoms with E-state index in [0.717, 1.165) is 22.9 Å². The molecule has 0 amide bonds. The van der Waals surface area contributed by atoms with Gasteiger partial charge in [-0.3, -0.25) is 9.39 Å². The molecule has 0 aliphatic carbocycles. The smallest absolute Gasteiger partial charge is 0.191 e. The lowest BCUT2D eigenvalue weighted by Gasteiger charge is -2.12. The third-order valence-corrected chi connectivity index (χ3v) is 4.03. The van der Waals surface area contributed by atoms with Gasteiger partial charge in [-0.1, -0.05) is 6.07 Å². The molecule has 4 aromatic heterocycles. The highest BCUT2D eigenvalue weighted by atomic mass is 15.3. The number of fused-ring (bicyclic) bond motifs is 1. The third-order valence-electron chi connectivity index (χ3n) is 4.03. The zero-order valence-electron chi connectivity index (χ0n) is 14.8. The first kappa shape index (κ1) is 16.7. The van der Waals surface area contributed by atoms with Gasteiger partial charge in [-0.25, -0.2) is 9.67 Å². The van der Waals surface area contributed by atoms with E-state index in [1.165, 1.54) is 0 Å². The summed E-state index contributed by atoms with van der Waals surface area (Å²) in [6.07, 6.45) is 7.30. The van der Waals surface area contributed by atoms with E-state index in [4.69, 9.17) is 0 Å². The zero-order chi connectivity index (χ0) is 18.5. The molecule has 2 N–H and O–H groups in total. The second kappa shape index (κ2) is 7.65. The van der Waals surface area contributed by atoms with Crippen LogP contribution in [0, 0.1) is 0 Å². The number of aliphatic imine (C=N–C) groups is 1. The summed E-state index contributed by atoms with van der Waals surface area (Å²) in [4.78, 5) is 8.60. The summed E-state index contributed by atoms with van der Waals surface area (Å²) < 4.78 is 3.67. The molecule has 9 nitrogen and oxygen atoms in total. The van der Waals surface area contributed by atoms with Crippen LogP contribution >= 0.6 is 0 Å². The van der Waals surface area contributed by atoms with Crippen molar-refractivity contribution in [2.45, 2.75) is 13.1 Å². The predicted molar refractivity (Wildman–Crippen MR) is 101 cm³/mol. The Morgan fingerprint density at radius 2 is 1.96 bits per heavy atom. The van der Waals surface area contributed by atoms with Crippen LogP contribution in [0.25, 0.3) is 11.5 Å². The minimum atomic E-state index is 0.514. The van der Waals surface area contributed by atoms with Crippen LogP contribution in [0.3, 0.4) is 0 Å². The van der Waals surface area contributed by atoms with Gasteiger partial charge in [0.05, 0.1) is 6.54 Å². The first-order valence-electron chi connectivity index (χ1n) is 8.51. The third kappa shape index (κ3) is 3.76. The average Bonchev–Trinajstić information content (AvgIpc) is 3.39. The van der Waals surface area contributed by atoms with Crippen molar-refractivity contribution in [1.29, 1.82) is 0 Å². The van der Waals surface area contributed by atoms with E-state index in [1.807, 2.05) is 53.2 Å². The molecule has 0 aromatic carbocycles. The Balaban J connectivity index is 1.38. The van der Waals surface area contributed by atoms with Gasteiger partial charge in [0.2, 0.25) is 0 Å². The number of hydrogen-bond acceptors (Lipinski definition) is 5. The molecule has 0 spiro atoms. The molecule has 9 heteroatoms. The fourth-order valence-corrected chi connectivity index (χ4v) is 2.68. The number of guanidine groups is 1. The number of nitrogens with zero attached hydrogens (tertiary/aromatic N) is 7. The highest BCUT2D eigenvalue weighted by Gasteiger charge is 2.06. The lowest BCUT2D eigenvalue weighted by atomic mass is 10.2. The molecule has 4 rings (SSSR count). The van der Waals surface area contributed by atoms with Crippen LogP contribution in [0.15, 0.2) is 66.2 Å². The van der Waals surface area contributed by atoms with Crippen LogP contribution in [0.2, 0.25) is 0 Å². The summed E-state index contributed by atoms with van der Waals surface area (Å²) >= 11 is 0.